The highest BCUT2D eigenvalue weighted by molar-refractivity contribution is 7.10. The van der Waals surface area contributed by atoms with Gasteiger partial charge in [0, 0.05) is 22.7 Å². The molecule has 0 spiro atoms. The molecule has 0 bridgehead atoms. The summed E-state index contributed by atoms with van der Waals surface area (Å²) in [5, 5.41) is 15.0. The first-order valence-corrected chi connectivity index (χ1v) is 6.19. The molecule has 0 aliphatic rings. The van der Waals surface area contributed by atoms with Crippen molar-refractivity contribution in [1.29, 1.82) is 0 Å². The van der Waals surface area contributed by atoms with E-state index in [1.165, 1.54) is 0 Å². The molecular weight excluding hydrogens is 230 g/mol. The molecule has 2 nitrogen and oxygen atoms in total. The molecule has 0 radical (unpaired) electrons. The molecule has 2 aromatic rings. The van der Waals surface area contributed by atoms with Gasteiger partial charge in [0.05, 0.1) is 0 Å². The van der Waals surface area contributed by atoms with Crippen molar-refractivity contribution in [3.8, 4) is 12.3 Å². The second-order valence-corrected chi connectivity index (χ2v) is 4.62. The summed E-state index contributed by atoms with van der Waals surface area (Å²) in [5.74, 6) is 2.58. The second-order valence-electron chi connectivity index (χ2n) is 3.64. The van der Waals surface area contributed by atoms with Gasteiger partial charge in [-0.15, -0.1) is 17.8 Å². The molecular formula is C14H13NOS. The fraction of sp³-hybridized carbons (Fsp3) is 0.143. The molecule has 3 heteroatoms. The van der Waals surface area contributed by atoms with Crippen LogP contribution in [-0.2, 0) is 0 Å². The molecule has 0 amide bonds. The number of anilines is 1. The Bertz CT molecular complexity index is 513. The monoisotopic (exact) mass is 243 g/mol. The average molecular weight is 243 g/mol. The van der Waals surface area contributed by atoms with E-state index in [4.69, 9.17) is 6.42 Å². The molecule has 1 aromatic heterocycles. The van der Waals surface area contributed by atoms with Crippen LogP contribution in [0.4, 0.5) is 5.69 Å². The van der Waals surface area contributed by atoms with E-state index in [1.807, 2.05) is 41.8 Å². The Balaban J connectivity index is 1.96. The third-order valence-electron chi connectivity index (χ3n) is 2.40. The van der Waals surface area contributed by atoms with Crippen LogP contribution in [0.5, 0.6) is 0 Å². The number of benzene rings is 1. The van der Waals surface area contributed by atoms with Crippen LogP contribution in [0.1, 0.15) is 16.5 Å². The van der Waals surface area contributed by atoms with Gasteiger partial charge in [0.1, 0.15) is 6.10 Å². The Morgan fingerprint density at radius 3 is 2.94 bits per heavy atom. The zero-order valence-corrected chi connectivity index (χ0v) is 10.1. The van der Waals surface area contributed by atoms with Crippen LogP contribution < -0.4 is 5.32 Å². The van der Waals surface area contributed by atoms with E-state index in [-0.39, 0.29) is 0 Å². The maximum absolute atomic E-state index is 9.90. The Kier molecular flexibility index (Phi) is 3.81. The van der Waals surface area contributed by atoms with Gasteiger partial charge in [-0.1, -0.05) is 18.1 Å². The van der Waals surface area contributed by atoms with E-state index < -0.39 is 6.10 Å². The van der Waals surface area contributed by atoms with Gasteiger partial charge >= 0.3 is 0 Å². The van der Waals surface area contributed by atoms with Gasteiger partial charge in [-0.05, 0) is 29.6 Å². The van der Waals surface area contributed by atoms with Gasteiger partial charge in [-0.3, -0.25) is 0 Å². The topological polar surface area (TPSA) is 32.3 Å². The minimum Gasteiger partial charge on any atom is -0.386 e. The number of hydrogen-bond acceptors (Lipinski definition) is 3. The van der Waals surface area contributed by atoms with Crippen LogP contribution >= 0.6 is 11.3 Å². The molecule has 86 valence electrons. The summed E-state index contributed by atoms with van der Waals surface area (Å²) in [6.45, 7) is 0.481. The number of terminal acetylenes is 1. The smallest absolute Gasteiger partial charge is 0.105 e. The Labute approximate surface area is 105 Å². The lowest BCUT2D eigenvalue weighted by atomic mass is 10.2. The van der Waals surface area contributed by atoms with Crippen LogP contribution in [0.3, 0.4) is 0 Å². The van der Waals surface area contributed by atoms with E-state index >= 15 is 0 Å². The highest BCUT2D eigenvalue weighted by atomic mass is 32.1. The fourth-order valence-electron chi connectivity index (χ4n) is 1.51. The van der Waals surface area contributed by atoms with Crippen LogP contribution in [0.2, 0.25) is 0 Å². The molecule has 1 heterocycles. The lowest BCUT2D eigenvalue weighted by Crippen LogP contribution is -2.10. The Morgan fingerprint density at radius 2 is 2.24 bits per heavy atom. The largest absolute Gasteiger partial charge is 0.386 e. The summed E-state index contributed by atoms with van der Waals surface area (Å²) in [6.07, 6.45) is 4.84. The maximum Gasteiger partial charge on any atom is 0.105 e. The van der Waals surface area contributed by atoms with Crippen molar-refractivity contribution in [3.05, 3.63) is 52.2 Å². The number of hydrogen-bond donors (Lipinski definition) is 2. The quantitative estimate of drug-likeness (QED) is 0.809. The minimum absolute atomic E-state index is 0.481. The first kappa shape index (κ1) is 11.7. The Morgan fingerprint density at radius 1 is 1.35 bits per heavy atom. The molecule has 1 atom stereocenters. The number of rotatable bonds is 4. The van der Waals surface area contributed by atoms with Crippen LogP contribution in [0.15, 0.2) is 41.8 Å². The molecule has 1 unspecified atom stereocenters. The predicted octanol–water partition coefficient (Wildman–Crippen LogP) is 2.87. The molecule has 1 aromatic carbocycles. The van der Waals surface area contributed by atoms with Crippen LogP contribution in [0, 0.1) is 12.3 Å². The zero-order valence-electron chi connectivity index (χ0n) is 9.26. The van der Waals surface area contributed by atoms with E-state index in [9.17, 15) is 5.11 Å². The summed E-state index contributed by atoms with van der Waals surface area (Å²) in [5.41, 5.74) is 1.76. The SMILES string of the molecule is C#Cc1cccc(NCC(O)c2cccs2)c1. The van der Waals surface area contributed by atoms with Crippen LogP contribution in [-0.4, -0.2) is 11.7 Å². The Hall–Kier alpha value is -1.76. The highest BCUT2D eigenvalue weighted by Gasteiger charge is 2.07. The summed E-state index contributed by atoms with van der Waals surface area (Å²) >= 11 is 1.55. The van der Waals surface area contributed by atoms with Crippen molar-refractivity contribution in [2.45, 2.75) is 6.10 Å². The van der Waals surface area contributed by atoms with Crippen LogP contribution in [0.25, 0.3) is 0 Å². The summed E-state index contributed by atoms with van der Waals surface area (Å²) in [7, 11) is 0. The predicted molar refractivity (Wildman–Crippen MR) is 72.1 cm³/mol. The first-order chi connectivity index (χ1) is 8.29. The van der Waals surface area contributed by atoms with E-state index in [0.717, 1.165) is 16.1 Å². The average Bonchev–Trinajstić information content (AvgIpc) is 2.90. The van der Waals surface area contributed by atoms with Crippen molar-refractivity contribution >= 4 is 17.0 Å². The van der Waals surface area contributed by atoms with Gasteiger partial charge in [0.2, 0.25) is 0 Å². The first-order valence-electron chi connectivity index (χ1n) is 5.31. The van der Waals surface area contributed by atoms with Gasteiger partial charge in [-0.2, -0.15) is 0 Å². The number of nitrogens with one attached hydrogen (secondary N) is 1. The van der Waals surface area contributed by atoms with Crippen molar-refractivity contribution in [1.82, 2.24) is 0 Å². The molecule has 0 aliphatic heterocycles. The number of aliphatic hydroxyl groups excluding tert-OH is 1. The van der Waals surface area contributed by atoms with E-state index in [0.29, 0.717) is 6.54 Å². The summed E-state index contributed by atoms with van der Waals surface area (Å²) in [6, 6.07) is 11.5. The van der Waals surface area contributed by atoms with Crippen molar-refractivity contribution in [2.24, 2.45) is 0 Å². The summed E-state index contributed by atoms with van der Waals surface area (Å²) in [4.78, 5) is 0.964. The van der Waals surface area contributed by atoms with Crippen molar-refractivity contribution in [3.63, 3.8) is 0 Å². The van der Waals surface area contributed by atoms with Crippen molar-refractivity contribution in [2.75, 3.05) is 11.9 Å². The van der Waals surface area contributed by atoms with Crippen molar-refractivity contribution < 1.29 is 5.11 Å². The van der Waals surface area contributed by atoms with E-state index in [2.05, 4.69) is 11.2 Å². The number of aliphatic hydroxyl groups is 1. The zero-order chi connectivity index (χ0) is 12.1. The highest BCUT2D eigenvalue weighted by Crippen LogP contribution is 2.19. The summed E-state index contributed by atoms with van der Waals surface area (Å²) < 4.78 is 0. The lowest BCUT2D eigenvalue weighted by molar-refractivity contribution is 0.195. The standard InChI is InChI=1S/C14H13NOS/c1-2-11-5-3-6-12(9-11)15-10-13(16)14-7-4-8-17-14/h1,3-9,13,15-16H,10H2. The molecule has 0 saturated carbocycles. The van der Waals surface area contributed by atoms with Gasteiger partial charge in [-0.25, -0.2) is 0 Å². The third-order valence-corrected chi connectivity index (χ3v) is 3.37. The molecule has 17 heavy (non-hydrogen) atoms. The normalized spacial score (nSPS) is 11.8. The minimum atomic E-state index is -0.482. The maximum atomic E-state index is 9.90. The molecule has 0 aliphatic carbocycles. The molecule has 2 rings (SSSR count). The lowest BCUT2D eigenvalue weighted by Gasteiger charge is -2.11. The third kappa shape index (κ3) is 3.10. The second kappa shape index (κ2) is 5.53. The van der Waals surface area contributed by atoms with Gasteiger partial charge in [0.15, 0.2) is 0 Å². The number of thiophene rings is 1. The molecule has 0 fully saturated rings. The van der Waals surface area contributed by atoms with Gasteiger partial charge < -0.3 is 10.4 Å². The van der Waals surface area contributed by atoms with E-state index in [1.54, 1.807) is 11.3 Å². The molecule has 0 saturated heterocycles. The fourth-order valence-corrected chi connectivity index (χ4v) is 2.23. The molecule has 2 N–H and O–H groups in total. The van der Waals surface area contributed by atoms with Gasteiger partial charge in [0.25, 0.3) is 0 Å².